The molecule has 0 saturated heterocycles. The second-order valence-electron chi connectivity index (χ2n) is 19.6. The monoisotopic (exact) mass is 927 g/mol. The SMILES string of the molecule is CCCC/C=C\CCCCCCCC(=O)OCC(COP(=O)(O)OCC[N+](C)(C)C)OC(=O)CCCCCCCCCCCCCCCCCCC/C=C\CCCCCCCCCC. The van der Waals surface area contributed by atoms with Crippen LogP contribution >= 0.6 is 7.82 Å². The highest BCUT2D eigenvalue weighted by atomic mass is 31.2. The fourth-order valence-electron chi connectivity index (χ4n) is 7.70. The van der Waals surface area contributed by atoms with Crippen LogP contribution in [0.2, 0.25) is 0 Å². The smallest absolute Gasteiger partial charge is 0.462 e. The van der Waals surface area contributed by atoms with Crippen molar-refractivity contribution in [3.05, 3.63) is 24.3 Å². The summed E-state index contributed by atoms with van der Waals surface area (Å²) in [5, 5.41) is 0. The average molecular weight is 927 g/mol. The maximum Gasteiger partial charge on any atom is 0.472 e. The van der Waals surface area contributed by atoms with Crippen LogP contribution in [0.1, 0.15) is 258 Å². The van der Waals surface area contributed by atoms with Crippen LogP contribution in [0.4, 0.5) is 0 Å². The summed E-state index contributed by atoms with van der Waals surface area (Å²) in [6.07, 6.45) is 54.0. The van der Waals surface area contributed by atoms with Gasteiger partial charge < -0.3 is 18.9 Å². The van der Waals surface area contributed by atoms with Crippen molar-refractivity contribution in [1.29, 1.82) is 0 Å². The number of rotatable bonds is 50. The van der Waals surface area contributed by atoms with E-state index in [0.717, 1.165) is 57.8 Å². The van der Waals surface area contributed by atoms with Gasteiger partial charge in [0.2, 0.25) is 0 Å². The number of phosphoric acid groups is 1. The molecule has 2 unspecified atom stereocenters. The maximum absolute atomic E-state index is 12.8. The lowest BCUT2D eigenvalue weighted by Crippen LogP contribution is -2.37. The van der Waals surface area contributed by atoms with Gasteiger partial charge in [0, 0.05) is 12.8 Å². The molecule has 0 bridgehead atoms. The first-order valence-corrected chi connectivity index (χ1v) is 28.6. The topological polar surface area (TPSA) is 108 Å². The quantitative estimate of drug-likeness (QED) is 0.0211. The molecular formula is C54H105NO8P+. The summed E-state index contributed by atoms with van der Waals surface area (Å²) in [5.74, 6) is -0.799. The van der Waals surface area contributed by atoms with E-state index in [1.54, 1.807) is 0 Å². The Hall–Kier alpha value is -1.51. The summed E-state index contributed by atoms with van der Waals surface area (Å²) in [5.41, 5.74) is 0. The average Bonchev–Trinajstić information content (AvgIpc) is 3.25. The van der Waals surface area contributed by atoms with Gasteiger partial charge in [-0.3, -0.25) is 18.6 Å². The molecule has 0 aliphatic rings. The number of allylic oxidation sites excluding steroid dienone is 4. The predicted octanol–water partition coefficient (Wildman–Crippen LogP) is 16.3. The number of hydrogen-bond acceptors (Lipinski definition) is 7. The number of ether oxygens (including phenoxy) is 2. The van der Waals surface area contributed by atoms with Gasteiger partial charge in [-0.15, -0.1) is 0 Å². The lowest BCUT2D eigenvalue weighted by Gasteiger charge is -2.24. The fraction of sp³-hybridized carbons (Fsp3) is 0.889. The molecule has 0 rings (SSSR count). The number of phosphoric ester groups is 1. The molecule has 0 aliphatic carbocycles. The fourth-order valence-corrected chi connectivity index (χ4v) is 8.44. The van der Waals surface area contributed by atoms with Crippen LogP contribution in [-0.2, 0) is 32.7 Å². The van der Waals surface area contributed by atoms with E-state index >= 15 is 0 Å². The van der Waals surface area contributed by atoms with E-state index in [9.17, 15) is 19.0 Å². The third-order valence-electron chi connectivity index (χ3n) is 12.0. The number of carbonyl (C=O) groups excluding carboxylic acids is 2. The Bertz CT molecular complexity index is 1140. The number of quaternary nitrogens is 1. The zero-order valence-corrected chi connectivity index (χ0v) is 43.7. The van der Waals surface area contributed by atoms with Crippen LogP contribution in [0, 0.1) is 0 Å². The molecule has 1 N–H and O–H groups in total. The van der Waals surface area contributed by atoms with Crippen molar-refractivity contribution < 1.29 is 42.1 Å². The summed E-state index contributed by atoms with van der Waals surface area (Å²) >= 11 is 0. The molecular weight excluding hydrogens is 822 g/mol. The minimum atomic E-state index is -4.38. The molecule has 0 fully saturated rings. The number of carbonyl (C=O) groups is 2. The van der Waals surface area contributed by atoms with Gasteiger partial charge in [0.15, 0.2) is 6.10 Å². The Balaban J connectivity index is 4.03. The van der Waals surface area contributed by atoms with Crippen molar-refractivity contribution in [2.24, 2.45) is 0 Å². The van der Waals surface area contributed by atoms with Gasteiger partial charge in [-0.1, -0.05) is 212 Å². The number of likely N-dealkylation sites (N-methyl/N-ethyl adjacent to an activating group) is 1. The molecule has 378 valence electrons. The Morgan fingerprint density at radius 1 is 0.469 bits per heavy atom. The lowest BCUT2D eigenvalue weighted by molar-refractivity contribution is -0.870. The predicted molar refractivity (Wildman–Crippen MR) is 271 cm³/mol. The summed E-state index contributed by atoms with van der Waals surface area (Å²) in [6.45, 7) is 4.41. The first-order valence-electron chi connectivity index (χ1n) is 27.1. The van der Waals surface area contributed by atoms with Gasteiger partial charge in [0.25, 0.3) is 0 Å². The Labute approximate surface area is 396 Å². The molecule has 0 spiro atoms. The Morgan fingerprint density at radius 2 is 0.812 bits per heavy atom. The van der Waals surface area contributed by atoms with Gasteiger partial charge in [0.1, 0.15) is 19.8 Å². The highest BCUT2D eigenvalue weighted by Gasteiger charge is 2.27. The van der Waals surface area contributed by atoms with Crippen LogP contribution in [0.15, 0.2) is 24.3 Å². The molecule has 10 heteroatoms. The molecule has 9 nitrogen and oxygen atoms in total. The Kier molecular flexibility index (Phi) is 45.5. The van der Waals surface area contributed by atoms with Crippen molar-refractivity contribution >= 4 is 19.8 Å². The van der Waals surface area contributed by atoms with Gasteiger partial charge >= 0.3 is 19.8 Å². The standard InChI is InChI=1S/C54H104NO8P/c1-6-8-10-12-14-16-18-19-20-21-22-23-24-25-26-27-28-29-30-31-32-33-34-35-37-39-41-43-45-47-54(57)63-52(51-62-64(58,59)61-49-48-55(3,4)5)50-60-53(56)46-44-42-40-38-36-17-15-13-11-9-7-2/h13,15,21-22,52H,6-12,14,16-20,23-51H2,1-5H3/p+1/b15-13-,22-21-. The number of hydrogen-bond donors (Lipinski definition) is 1. The summed E-state index contributed by atoms with van der Waals surface area (Å²) < 4.78 is 34.4. The van der Waals surface area contributed by atoms with Crippen molar-refractivity contribution in [2.75, 3.05) is 47.5 Å². The molecule has 0 aromatic heterocycles. The molecule has 0 aliphatic heterocycles. The van der Waals surface area contributed by atoms with Gasteiger partial charge in [0.05, 0.1) is 27.7 Å². The zero-order valence-electron chi connectivity index (χ0n) is 42.8. The van der Waals surface area contributed by atoms with Gasteiger partial charge in [-0.05, 0) is 57.8 Å². The van der Waals surface area contributed by atoms with E-state index in [1.807, 2.05) is 21.1 Å². The molecule has 0 radical (unpaired) electrons. The second kappa shape index (κ2) is 46.6. The van der Waals surface area contributed by atoms with Crippen LogP contribution in [0.5, 0.6) is 0 Å². The molecule has 0 aromatic rings. The second-order valence-corrected chi connectivity index (χ2v) is 21.1. The summed E-state index contributed by atoms with van der Waals surface area (Å²) in [4.78, 5) is 35.5. The van der Waals surface area contributed by atoms with E-state index in [2.05, 4.69) is 38.2 Å². The van der Waals surface area contributed by atoms with Gasteiger partial charge in [-0.25, -0.2) is 4.57 Å². The molecule has 64 heavy (non-hydrogen) atoms. The van der Waals surface area contributed by atoms with E-state index in [4.69, 9.17) is 18.5 Å². The number of nitrogens with zero attached hydrogens (tertiary/aromatic N) is 1. The first-order chi connectivity index (χ1) is 31.0. The van der Waals surface area contributed by atoms with Crippen LogP contribution in [0.25, 0.3) is 0 Å². The largest absolute Gasteiger partial charge is 0.472 e. The van der Waals surface area contributed by atoms with Crippen molar-refractivity contribution in [2.45, 2.75) is 264 Å². The first kappa shape index (κ1) is 62.5. The lowest BCUT2D eigenvalue weighted by atomic mass is 10.0. The van der Waals surface area contributed by atoms with E-state index < -0.39 is 26.5 Å². The van der Waals surface area contributed by atoms with Crippen LogP contribution in [0.3, 0.4) is 0 Å². The summed E-state index contributed by atoms with van der Waals surface area (Å²) in [6, 6.07) is 0. The van der Waals surface area contributed by atoms with Crippen molar-refractivity contribution in [1.82, 2.24) is 0 Å². The molecule has 0 aromatic carbocycles. The highest BCUT2D eigenvalue weighted by molar-refractivity contribution is 7.47. The van der Waals surface area contributed by atoms with E-state index in [-0.39, 0.29) is 32.0 Å². The normalized spacial score (nSPS) is 13.5. The third kappa shape index (κ3) is 49.9. The minimum Gasteiger partial charge on any atom is -0.462 e. The minimum absolute atomic E-state index is 0.0325. The van der Waals surface area contributed by atoms with E-state index in [0.29, 0.717) is 17.4 Å². The highest BCUT2D eigenvalue weighted by Crippen LogP contribution is 2.43. The zero-order chi connectivity index (χ0) is 47.1. The van der Waals surface area contributed by atoms with Crippen molar-refractivity contribution in [3.63, 3.8) is 0 Å². The van der Waals surface area contributed by atoms with Gasteiger partial charge in [-0.2, -0.15) is 0 Å². The molecule has 0 heterocycles. The molecule has 0 saturated carbocycles. The van der Waals surface area contributed by atoms with Crippen LogP contribution < -0.4 is 0 Å². The molecule has 2 atom stereocenters. The Morgan fingerprint density at radius 3 is 1.20 bits per heavy atom. The maximum atomic E-state index is 12.8. The van der Waals surface area contributed by atoms with Crippen molar-refractivity contribution in [3.8, 4) is 0 Å². The van der Waals surface area contributed by atoms with Crippen LogP contribution in [-0.4, -0.2) is 74.9 Å². The number of esters is 2. The summed E-state index contributed by atoms with van der Waals surface area (Å²) in [7, 11) is 1.48. The molecule has 0 amide bonds. The third-order valence-corrected chi connectivity index (χ3v) is 12.9. The number of unbranched alkanes of at least 4 members (excludes halogenated alkanes) is 32. The van der Waals surface area contributed by atoms with E-state index in [1.165, 1.54) is 167 Å².